The minimum absolute atomic E-state index is 0.00889. The molecule has 0 aromatic heterocycles. The normalized spacial score (nSPS) is 10.3. The van der Waals surface area contributed by atoms with Crippen LogP contribution in [0, 0.1) is 0 Å². The monoisotopic (exact) mass is 260 g/mol. The van der Waals surface area contributed by atoms with Crippen molar-refractivity contribution in [2.24, 2.45) is 0 Å². The third kappa shape index (κ3) is 2.90. The summed E-state index contributed by atoms with van der Waals surface area (Å²) < 4.78 is 0. The van der Waals surface area contributed by atoms with E-state index in [0.29, 0.717) is 5.88 Å². The molecule has 0 radical (unpaired) electrons. The molecule has 0 bridgehead atoms. The maximum absolute atomic E-state index is 10.9. The van der Waals surface area contributed by atoms with Gasteiger partial charge in [-0.3, -0.25) is 4.79 Å². The van der Waals surface area contributed by atoms with Crippen LogP contribution in [0.3, 0.4) is 0 Å². The first-order valence-corrected chi connectivity index (χ1v) is 6.19. The van der Waals surface area contributed by atoms with Crippen LogP contribution < -0.4 is 0 Å². The highest BCUT2D eigenvalue weighted by atomic mass is 35.5. The summed E-state index contributed by atoms with van der Waals surface area (Å²) in [6.07, 6.45) is 0.00889. The fraction of sp³-hybridized carbons (Fsp3) is 0.133. The number of carboxylic acid groups (broad SMARTS) is 1. The average molecular weight is 261 g/mol. The standard InChI is InChI=1S/C15H13ClO2/c16-10-11-6-7-14(12-4-2-1-3-5-12)13(8-11)9-15(17)18/h1-8H,9-10H2,(H,17,18). The van der Waals surface area contributed by atoms with Crippen LogP contribution in [0.25, 0.3) is 11.1 Å². The highest BCUT2D eigenvalue weighted by Gasteiger charge is 2.09. The quantitative estimate of drug-likeness (QED) is 0.851. The summed E-state index contributed by atoms with van der Waals surface area (Å²) in [7, 11) is 0. The van der Waals surface area contributed by atoms with E-state index in [1.54, 1.807) is 0 Å². The predicted octanol–water partition coefficient (Wildman–Crippen LogP) is 3.72. The van der Waals surface area contributed by atoms with Crippen LogP contribution in [0.5, 0.6) is 0 Å². The molecule has 0 atom stereocenters. The van der Waals surface area contributed by atoms with Gasteiger partial charge in [-0.05, 0) is 22.3 Å². The number of carboxylic acids is 1. The lowest BCUT2D eigenvalue weighted by Crippen LogP contribution is -2.02. The maximum atomic E-state index is 10.9. The molecule has 0 unspecified atom stereocenters. The van der Waals surface area contributed by atoms with Gasteiger partial charge in [0.05, 0.1) is 6.42 Å². The van der Waals surface area contributed by atoms with Gasteiger partial charge in [0.25, 0.3) is 0 Å². The second kappa shape index (κ2) is 5.69. The molecule has 2 aromatic rings. The minimum Gasteiger partial charge on any atom is -0.481 e. The highest BCUT2D eigenvalue weighted by molar-refractivity contribution is 6.17. The number of aliphatic carboxylic acids is 1. The van der Waals surface area contributed by atoms with E-state index in [4.69, 9.17) is 16.7 Å². The van der Waals surface area contributed by atoms with Crippen molar-refractivity contribution < 1.29 is 9.90 Å². The van der Waals surface area contributed by atoms with E-state index in [-0.39, 0.29) is 6.42 Å². The van der Waals surface area contributed by atoms with Crippen molar-refractivity contribution in [3.63, 3.8) is 0 Å². The zero-order chi connectivity index (χ0) is 13.0. The Morgan fingerprint density at radius 1 is 1.11 bits per heavy atom. The van der Waals surface area contributed by atoms with Crippen molar-refractivity contribution in [1.82, 2.24) is 0 Å². The number of benzene rings is 2. The molecule has 18 heavy (non-hydrogen) atoms. The molecule has 0 spiro atoms. The number of carbonyl (C=O) groups is 1. The van der Waals surface area contributed by atoms with Crippen LogP contribution in [0.1, 0.15) is 11.1 Å². The van der Waals surface area contributed by atoms with Gasteiger partial charge in [0.1, 0.15) is 0 Å². The first-order chi connectivity index (χ1) is 8.70. The minimum atomic E-state index is -0.834. The van der Waals surface area contributed by atoms with Gasteiger partial charge in [-0.2, -0.15) is 0 Å². The largest absolute Gasteiger partial charge is 0.481 e. The number of hydrogen-bond acceptors (Lipinski definition) is 1. The molecule has 2 nitrogen and oxygen atoms in total. The zero-order valence-corrected chi connectivity index (χ0v) is 10.5. The third-order valence-corrected chi connectivity index (χ3v) is 3.06. The number of rotatable bonds is 4. The Labute approximate surface area is 111 Å². The first-order valence-electron chi connectivity index (χ1n) is 5.65. The molecule has 0 aliphatic heterocycles. The molecule has 0 heterocycles. The van der Waals surface area contributed by atoms with E-state index < -0.39 is 5.97 Å². The predicted molar refractivity (Wildman–Crippen MR) is 72.8 cm³/mol. The van der Waals surface area contributed by atoms with E-state index >= 15 is 0 Å². The lowest BCUT2D eigenvalue weighted by atomic mass is 9.96. The lowest BCUT2D eigenvalue weighted by molar-refractivity contribution is -0.136. The van der Waals surface area contributed by atoms with Crippen molar-refractivity contribution in [2.75, 3.05) is 0 Å². The third-order valence-electron chi connectivity index (χ3n) is 2.75. The Balaban J connectivity index is 2.49. The summed E-state index contributed by atoms with van der Waals surface area (Å²) >= 11 is 5.79. The van der Waals surface area contributed by atoms with Gasteiger partial charge in [0, 0.05) is 5.88 Å². The second-order valence-corrected chi connectivity index (χ2v) is 4.33. The van der Waals surface area contributed by atoms with Gasteiger partial charge in [0.15, 0.2) is 0 Å². The summed E-state index contributed by atoms with van der Waals surface area (Å²) in [6, 6.07) is 15.5. The number of alkyl halides is 1. The van der Waals surface area contributed by atoms with E-state index in [1.165, 1.54) is 0 Å². The van der Waals surface area contributed by atoms with Crippen molar-refractivity contribution in [3.8, 4) is 11.1 Å². The molecule has 92 valence electrons. The van der Waals surface area contributed by atoms with Crippen LogP contribution in [0.15, 0.2) is 48.5 Å². The molecule has 2 aromatic carbocycles. The molecular weight excluding hydrogens is 248 g/mol. The average Bonchev–Trinajstić information content (AvgIpc) is 2.39. The lowest BCUT2D eigenvalue weighted by Gasteiger charge is -2.09. The van der Waals surface area contributed by atoms with Gasteiger partial charge < -0.3 is 5.11 Å². The Morgan fingerprint density at radius 3 is 2.44 bits per heavy atom. The number of hydrogen-bond donors (Lipinski definition) is 1. The Morgan fingerprint density at radius 2 is 1.83 bits per heavy atom. The fourth-order valence-corrected chi connectivity index (χ4v) is 2.10. The summed E-state index contributed by atoms with van der Waals surface area (Å²) in [6.45, 7) is 0. The van der Waals surface area contributed by atoms with Gasteiger partial charge in [0.2, 0.25) is 0 Å². The molecule has 2 rings (SSSR count). The smallest absolute Gasteiger partial charge is 0.307 e. The Kier molecular flexibility index (Phi) is 4.00. The van der Waals surface area contributed by atoms with Crippen molar-refractivity contribution in [3.05, 3.63) is 59.7 Å². The molecule has 1 N–H and O–H groups in total. The van der Waals surface area contributed by atoms with Gasteiger partial charge in [-0.25, -0.2) is 0 Å². The van der Waals surface area contributed by atoms with Crippen molar-refractivity contribution in [1.29, 1.82) is 0 Å². The molecule has 0 saturated carbocycles. The summed E-state index contributed by atoms with van der Waals surface area (Å²) in [5.74, 6) is -0.444. The van der Waals surface area contributed by atoms with Crippen LogP contribution >= 0.6 is 11.6 Å². The first kappa shape index (κ1) is 12.7. The van der Waals surface area contributed by atoms with Gasteiger partial charge >= 0.3 is 5.97 Å². The van der Waals surface area contributed by atoms with Crippen LogP contribution in [0.2, 0.25) is 0 Å². The van der Waals surface area contributed by atoms with Crippen molar-refractivity contribution in [2.45, 2.75) is 12.3 Å². The van der Waals surface area contributed by atoms with E-state index in [2.05, 4.69) is 0 Å². The van der Waals surface area contributed by atoms with Crippen LogP contribution in [-0.4, -0.2) is 11.1 Å². The summed E-state index contributed by atoms with van der Waals surface area (Å²) in [4.78, 5) is 10.9. The topological polar surface area (TPSA) is 37.3 Å². The molecular formula is C15H13ClO2. The fourth-order valence-electron chi connectivity index (χ4n) is 1.94. The van der Waals surface area contributed by atoms with Gasteiger partial charge in [-0.15, -0.1) is 11.6 Å². The highest BCUT2D eigenvalue weighted by Crippen LogP contribution is 2.25. The van der Waals surface area contributed by atoms with Gasteiger partial charge in [-0.1, -0.05) is 48.5 Å². The number of halogens is 1. The summed E-state index contributed by atoms with van der Waals surface area (Å²) in [5.41, 5.74) is 3.71. The molecule has 0 aliphatic rings. The second-order valence-electron chi connectivity index (χ2n) is 4.06. The Hall–Kier alpha value is -1.80. The molecule has 0 aliphatic carbocycles. The Bertz CT molecular complexity index is 550. The van der Waals surface area contributed by atoms with E-state index in [9.17, 15) is 4.79 Å². The maximum Gasteiger partial charge on any atom is 0.307 e. The SMILES string of the molecule is O=C(O)Cc1cc(CCl)ccc1-c1ccccc1. The summed E-state index contributed by atoms with van der Waals surface area (Å²) in [5, 5.41) is 8.97. The van der Waals surface area contributed by atoms with Crippen LogP contribution in [-0.2, 0) is 17.1 Å². The molecule has 0 fully saturated rings. The zero-order valence-electron chi connectivity index (χ0n) is 9.77. The molecule has 3 heteroatoms. The molecule has 0 amide bonds. The molecule has 0 saturated heterocycles. The van der Waals surface area contributed by atoms with E-state index in [1.807, 2.05) is 48.5 Å². The van der Waals surface area contributed by atoms with E-state index in [0.717, 1.165) is 22.3 Å². The van der Waals surface area contributed by atoms with Crippen LogP contribution in [0.4, 0.5) is 0 Å². The van der Waals surface area contributed by atoms with Crippen molar-refractivity contribution >= 4 is 17.6 Å².